The minimum atomic E-state index is -4.42. The van der Waals surface area contributed by atoms with Crippen molar-refractivity contribution in [2.75, 3.05) is 0 Å². The molecule has 0 aliphatic rings. The van der Waals surface area contributed by atoms with Crippen LogP contribution in [0.4, 0.5) is 0 Å². The van der Waals surface area contributed by atoms with Crippen LogP contribution in [0, 0.1) is 0 Å². The van der Waals surface area contributed by atoms with Gasteiger partial charge in [-0.2, -0.15) is 8.42 Å². The highest BCUT2D eigenvalue weighted by Crippen LogP contribution is 2.33. The van der Waals surface area contributed by atoms with E-state index in [0.29, 0.717) is 17.7 Å². The number of aryl methyl sites for hydroxylation is 1. The van der Waals surface area contributed by atoms with Crippen molar-refractivity contribution in [1.29, 1.82) is 0 Å². The van der Waals surface area contributed by atoms with Gasteiger partial charge in [-0.1, -0.05) is 57.6 Å². The molecule has 0 aliphatic carbocycles. The predicted molar refractivity (Wildman–Crippen MR) is 106 cm³/mol. The summed E-state index contributed by atoms with van der Waals surface area (Å²) in [5.41, 5.74) is 0.558. The standard InChI is InChI=1S/C21H28O5S/c1-2-3-4-5-6-7-8-10-17-11-9-12-20(21(17)27(23,24)25)26-19-15-13-18(22)14-16-19/h9,11-16,22H,2-8,10H2,1H3,(H,23,24,25). The van der Waals surface area contributed by atoms with Crippen molar-refractivity contribution in [2.45, 2.75) is 63.2 Å². The zero-order chi connectivity index (χ0) is 19.7. The lowest BCUT2D eigenvalue weighted by Crippen LogP contribution is -2.06. The summed E-state index contributed by atoms with van der Waals surface area (Å²) in [4.78, 5) is -0.177. The topological polar surface area (TPSA) is 83.8 Å². The van der Waals surface area contributed by atoms with Gasteiger partial charge in [-0.25, -0.2) is 0 Å². The van der Waals surface area contributed by atoms with Gasteiger partial charge in [0.15, 0.2) is 0 Å². The summed E-state index contributed by atoms with van der Waals surface area (Å²) in [6.07, 6.45) is 8.48. The van der Waals surface area contributed by atoms with Crippen LogP contribution in [0.2, 0.25) is 0 Å². The van der Waals surface area contributed by atoms with Gasteiger partial charge in [-0.05, 0) is 48.7 Å². The lowest BCUT2D eigenvalue weighted by molar-refractivity contribution is 0.443. The summed E-state index contributed by atoms with van der Waals surface area (Å²) < 4.78 is 39.3. The first-order valence-corrected chi connectivity index (χ1v) is 10.9. The van der Waals surface area contributed by atoms with Crippen molar-refractivity contribution < 1.29 is 22.8 Å². The Bertz CT molecular complexity index is 813. The van der Waals surface area contributed by atoms with Gasteiger partial charge < -0.3 is 9.84 Å². The number of hydrogen-bond acceptors (Lipinski definition) is 4. The molecule has 2 aromatic carbocycles. The summed E-state index contributed by atoms with van der Waals surface area (Å²) in [6.45, 7) is 2.18. The molecule has 2 aromatic rings. The Morgan fingerprint density at radius 3 is 2.15 bits per heavy atom. The molecule has 0 amide bonds. The zero-order valence-electron chi connectivity index (χ0n) is 15.7. The number of hydrogen-bond donors (Lipinski definition) is 2. The van der Waals surface area contributed by atoms with E-state index in [0.717, 1.165) is 19.3 Å². The number of unbranched alkanes of at least 4 members (excludes halogenated alkanes) is 6. The molecule has 0 atom stereocenters. The van der Waals surface area contributed by atoms with Crippen LogP contribution < -0.4 is 4.74 Å². The summed E-state index contributed by atoms with van der Waals surface area (Å²) in [5, 5.41) is 9.35. The minimum absolute atomic E-state index is 0.0867. The maximum absolute atomic E-state index is 12.0. The van der Waals surface area contributed by atoms with Gasteiger partial charge in [0.2, 0.25) is 0 Å². The van der Waals surface area contributed by atoms with Crippen LogP contribution >= 0.6 is 0 Å². The Morgan fingerprint density at radius 2 is 1.52 bits per heavy atom. The van der Waals surface area contributed by atoms with Crippen LogP contribution in [-0.2, 0) is 16.5 Å². The van der Waals surface area contributed by atoms with Crippen molar-refractivity contribution in [3.8, 4) is 17.2 Å². The molecular weight excluding hydrogens is 364 g/mol. The Labute approximate surface area is 161 Å². The molecule has 2 N–H and O–H groups in total. The van der Waals surface area contributed by atoms with Crippen LogP contribution in [0.3, 0.4) is 0 Å². The normalized spacial score (nSPS) is 11.5. The third-order valence-electron chi connectivity index (χ3n) is 4.43. The molecule has 2 rings (SSSR count). The quantitative estimate of drug-likeness (QED) is 0.377. The van der Waals surface area contributed by atoms with E-state index in [-0.39, 0.29) is 16.4 Å². The van der Waals surface area contributed by atoms with E-state index in [9.17, 15) is 18.1 Å². The molecule has 0 spiro atoms. The molecule has 0 heterocycles. The highest BCUT2D eigenvalue weighted by atomic mass is 32.2. The molecule has 0 fully saturated rings. The first kappa shape index (κ1) is 21.3. The summed E-state index contributed by atoms with van der Waals surface area (Å²) in [5.74, 6) is 0.555. The molecular formula is C21H28O5S. The predicted octanol–water partition coefficient (Wildman–Crippen LogP) is 5.72. The van der Waals surface area contributed by atoms with E-state index < -0.39 is 10.1 Å². The number of ether oxygens (including phenoxy) is 1. The summed E-state index contributed by atoms with van der Waals surface area (Å²) >= 11 is 0. The third-order valence-corrected chi connectivity index (χ3v) is 5.41. The van der Waals surface area contributed by atoms with Gasteiger partial charge in [0.25, 0.3) is 10.1 Å². The lowest BCUT2D eigenvalue weighted by atomic mass is 10.0. The fourth-order valence-electron chi connectivity index (χ4n) is 3.05. The molecule has 148 valence electrons. The van der Waals surface area contributed by atoms with Crippen molar-refractivity contribution in [1.82, 2.24) is 0 Å². The summed E-state index contributed by atoms with van der Waals surface area (Å²) in [7, 11) is -4.42. The van der Waals surface area contributed by atoms with Gasteiger partial charge in [-0.15, -0.1) is 0 Å². The van der Waals surface area contributed by atoms with E-state index in [1.807, 2.05) is 0 Å². The first-order valence-electron chi connectivity index (χ1n) is 9.48. The van der Waals surface area contributed by atoms with Crippen LogP contribution in [0.25, 0.3) is 0 Å². The molecule has 6 heteroatoms. The number of phenolic OH excluding ortho intramolecular Hbond substituents is 1. The minimum Gasteiger partial charge on any atom is -0.508 e. The second-order valence-corrected chi connectivity index (χ2v) is 8.05. The maximum atomic E-state index is 12.0. The molecule has 0 unspecified atom stereocenters. The van der Waals surface area contributed by atoms with Gasteiger partial charge in [0, 0.05) is 0 Å². The molecule has 0 bridgehead atoms. The van der Waals surface area contributed by atoms with Crippen molar-refractivity contribution >= 4 is 10.1 Å². The Balaban J connectivity index is 2.09. The van der Waals surface area contributed by atoms with Gasteiger partial charge in [-0.3, -0.25) is 4.55 Å². The third kappa shape index (κ3) is 6.88. The molecule has 5 nitrogen and oxygen atoms in total. The molecule has 0 saturated carbocycles. The number of aromatic hydroxyl groups is 1. The molecule has 0 aromatic heterocycles. The maximum Gasteiger partial charge on any atom is 0.298 e. The van der Waals surface area contributed by atoms with Crippen LogP contribution in [0.15, 0.2) is 47.4 Å². The Hall–Kier alpha value is -2.05. The van der Waals surface area contributed by atoms with Crippen LogP contribution in [0.5, 0.6) is 17.2 Å². The van der Waals surface area contributed by atoms with E-state index in [2.05, 4.69) is 6.92 Å². The van der Waals surface area contributed by atoms with Gasteiger partial charge in [0.1, 0.15) is 22.1 Å². The molecule has 27 heavy (non-hydrogen) atoms. The van der Waals surface area contributed by atoms with Crippen molar-refractivity contribution in [2.24, 2.45) is 0 Å². The average Bonchev–Trinajstić information content (AvgIpc) is 2.62. The number of benzene rings is 2. The van der Waals surface area contributed by atoms with Crippen molar-refractivity contribution in [3.63, 3.8) is 0 Å². The highest BCUT2D eigenvalue weighted by Gasteiger charge is 2.21. The Kier molecular flexibility index (Phi) is 8.13. The van der Waals surface area contributed by atoms with Gasteiger partial charge >= 0.3 is 0 Å². The molecule has 0 saturated heterocycles. The van der Waals surface area contributed by atoms with Gasteiger partial charge in [0.05, 0.1) is 0 Å². The van der Waals surface area contributed by atoms with E-state index in [1.54, 1.807) is 12.1 Å². The molecule has 0 radical (unpaired) electrons. The average molecular weight is 393 g/mol. The highest BCUT2D eigenvalue weighted by molar-refractivity contribution is 7.86. The SMILES string of the molecule is CCCCCCCCCc1cccc(Oc2ccc(O)cc2)c1S(=O)(=O)O. The first-order chi connectivity index (χ1) is 12.9. The monoisotopic (exact) mass is 392 g/mol. The second kappa shape index (κ2) is 10.3. The Morgan fingerprint density at radius 1 is 0.889 bits per heavy atom. The fraction of sp³-hybridized carbons (Fsp3) is 0.429. The fourth-order valence-corrected chi connectivity index (χ4v) is 3.91. The van der Waals surface area contributed by atoms with E-state index in [4.69, 9.17) is 4.74 Å². The van der Waals surface area contributed by atoms with E-state index in [1.165, 1.54) is 56.0 Å². The molecule has 0 aliphatic heterocycles. The lowest BCUT2D eigenvalue weighted by Gasteiger charge is -2.13. The smallest absolute Gasteiger partial charge is 0.298 e. The number of rotatable bonds is 11. The largest absolute Gasteiger partial charge is 0.508 e. The number of phenols is 1. The van der Waals surface area contributed by atoms with E-state index >= 15 is 0 Å². The second-order valence-electron chi connectivity index (χ2n) is 6.69. The van der Waals surface area contributed by atoms with Crippen LogP contribution in [-0.4, -0.2) is 18.1 Å². The van der Waals surface area contributed by atoms with Crippen LogP contribution in [0.1, 0.15) is 57.4 Å². The summed E-state index contributed by atoms with van der Waals surface area (Å²) in [6, 6.07) is 10.9. The van der Waals surface area contributed by atoms with Crippen molar-refractivity contribution in [3.05, 3.63) is 48.0 Å². The zero-order valence-corrected chi connectivity index (χ0v) is 16.5.